The number of phenols is 1. The molecule has 0 radical (unpaired) electrons. The average molecular weight is 149 g/mol. The zero-order valence-electron chi connectivity index (χ0n) is 6.25. The molecule has 2 rings (SSSR count). The van der Waals surface area contributed by atoms with Gasteiger partial charge in [-0.3, -0.25) is 0 Å². The zero-order chi connectivity index (χ0) is 7.84. The number of phenolic OH excluding ortho intramolecular Hbond substituents is 1. The van der Waals surface area contributed by atoms with E-state index in [4.69, 9.17) is 10.8 Å². The van der Waals surface area contributed by atoms with Crippen molar-refractivity contribution in [3.05, 3.63) is 29.3 Å². The van der Waals surface area contributed by atoms with Crippen LogP contribution < -0.4 is 5.73 Å². The molecule has 1 aliphatic carbocycles. The third kappa shape index (κ3) is 0.906. The molecular formula is C9H11NO. The lowest BCUT2D eigenvalue weighted by atomic mass is 9.77. The summed E-state index contributed by atoms with van der Waals surface area (Å²) in [4.78, 5) is 0. The van der Waals surface area contributed by atoms with Gasteiger partial charge in [0.15, 0.2) is 0 Å². The van der Waals surface area contributed by atoms with Gasteiger partial charge < -0.3 is 10.8 Å². The summed E-state index contributed by atoms with van der Waals surface area (Å²) >= 11 is 0. The van der Waals surface area contributed by atoms with Gasteiger partial charge in [0.25, 0.3) is 0 Å². The molecule has 0 bridgehead atoms. The first-order chi connectivity index (χ1) is 5.31. The molecule has 1 aliphatic rings. The summed E-state index contributed by atoms with van der Waals surface area (Å²) < 4.78 is 0. The van der Waals surface area contributed by atoms with Crippen LogP contribution in [0.1, 0.15) is 17.0 Å². The minimum atomic E-state index is 0.349. The van der Waals surface area contributed by atoms with Crippen LogP contribution in [0, 0.1) is 0 Å². The highest BCUT2D eigenvalue weighted by Crippen LogP contribution is 2.36. The fraction of sp³-hybridized carbons (Fsp3) is 0.333. The van der Waals surface area contributed by atoms with Gasteiger partial charge in [-0.1, -0.05) is 6.07 Å². The van der Waals surface area contributed by atoms with E-state index in [0.717, 1.165) is 6.42 Å². The van der Waals surface area contributed by atoms with Gasteiger partial charge in [0.2, 0.25) is 0 Å². The van der Waals surface area contributed by atoms with E-state index in [1.165, 1.54) is 11.1 Å². The Kier molecular flexibility index (Phi) is 1.36. The highest BCUT2D eigenvalue weighted by molar-refractivity contribution is 5.44. The molecule has 0 heterocycles. The molecule has 3 N–H and O–H groups in total. The maximum absolute atomic E-state index is 9.14. The van der Waals surface area contributed by atoms with Crippen LogP contribution in [-0.4, -0.2) is 11.7 Å². The SMILES string of the molecule is NCC1Cc2ccc(O)cc21. The minimum Gasteiger partial charge on any atom is -0.508 e. The molecule has 1 aromatic carbocycles. The standard InChI is InChI=1S/C9H11NO/c10-5-7-3-6-1-2-8(11)4-9(6)7/h1-2,4,7,11H,3,5,10H2. The van der Waals surface area contributed by atoms with Gasteiger partial charge >= 0.3 is 0 Å². The number of hydrogen-bond acceptors (Lipinski definition) is 2. The normalized spacial score (nSPS) is 20.6. The van der Waals surface area contributed by atoms with Crippen LogP contribution in [0.5, 0.6) is 5.75 Å². The summed E-state index contributed by atoms with van der Waals surface area (Å²) in [6, 6.07) is 5.51. The quantitative estimate of drug-likeness (QED) is 0.625. The first kappa shape index (κ1) is 6.68. The molecule has 1 unspecified atom stereocenters. The maximum Gasteiger partial charge on any atom is 0.115 e. The fourth-order valence-corrected chi connectivity index (χ4v) is 1.60. The monoisotopic (exact) mass is 149 g/mol. The number of fused-ring (bicyclic) bond motifs is 1. The summed E-state index contributed by atoms with van der Waals surface area (Å²) in [6.45, 7) is 0.691. The highest BCUT2D eigenvalue weighted by Gasteiger charge is 2.24. The first-order valence-electron chi connectivity index (χ1n) is 3.83. The Morgan fingerprint density at radius 2 is 2.36 bits per heavy atom. The van der Waals surface area contributed by atoms with Crippen LogP contribution in [0.15, 0.2) is 18.2 Å². The molecule has 0 saturated carbocycles. The Labute approximate surface area is 65.7 Å². The predicted octanol–water partition coefficient (Wildman–Crippen LogP) is 0.991. The van der Waals surface area contributed by atoms with Gasteiger partial charge in [0.05, 0.1) is 0 Å². The Morgan fingerprint density at radius 1 is 1.55 bits per heavy atom. The van der Waals surface area contributed by atoms with Gasteiger partial charge in [0.1, 0.15) is 5.75 Å². The second-order valence-corrected chi connectivity index (χ2v) is 3.02. The van der Waals surface area contributed by atoms with Gasteiger partial charge in [-0.25, -0.2) is 0 Å². The van der Waals surface area contributed by atoms with E-state index in [0.29, 0.717) is 18.2 Å². The van der Waals surface area contributed by atoms with Gasteiger partial charge in [-0.2, -0.15) is 0 Å². The van der Waals surface area contributed by atoms with Crippen LogP contribution in [0.4, 0.5) is 0 Å². The third-order valence-electron chi connectivity index (χ3n) is 2.32. The first-order valence-corrected chi connectivity index (χ1v) is 3.83. The zero-order valence-corrected chi connectivity index (χ0v) is 6.25. The summed E-state index contributed by atoms with van der Waals surface area (Å²) in [5.41, 5.74) is 8.08. The topological polar surface area (TPSA) is 46.2 Å². The van der Waals surface area contributed by atoms with Crippen LogP contribution in [0.3, 0.4) is 0 Å². The van der Waals surface area contributed by atoms with E-state index < -0.39 is 0 Å². The molecule has 0 amide bonds. The van der Waals surface area contributed by atoms with E-state index in [1.54, 1.807) is 6.07 Å². The number of nitrogens with two attached hydrogens (primary N) is 1. The summed E-state index contributed by atoms with van der Waals surface area (Å²) in [5, 5.41) is 9.14. The Hall–Kier alpha value is -1.02. The molecule has 0 aromatic heterocycles. The van der Waals surface area contributed by atoms with Crippen LogP contribution >= 0.6 is 0 Å². The lowest BCUT2D eigenvalue weighted by molar-refractivity contribution is 0.470. The van der Waals surface area contributed by atoms with E-state index in [-0.39, 0.29) is 0 Å². The number of aromatic hydroxyl groups is 1. The molecule has 1 aromatic rings. The van der Waals surface area contributed by atoms with Crippen molar-refractivity contribution in [3.8, 4) is 5.75 Å². The molecule has 0 saturated heterocycles. The fourth-order valence-electron chi connectivity index (χ4n) is 1.60. The van der Waals surface area contributed by atoms with E-state index in [2.05, 4.69) is 0 Å². The molecule has 0 aliphatic heterocycles. The summed E-state index contributed by atoms with van der Waals surface area (Å²) in [5.74, 6) is 0.832. The largest absolute Gasteiger partial charge is 0.508 e. The average Bonchev–Trinajstić information content (AvgIpc) is 1.97. The predicted molar refractivity (Wildman–Crippen MR) is 43.6 cm³/mol. The lowest BCUT2D eigenvalue weighted by Crippen LogP contribution is -2.24. The van der Waals surface area contributed by atoms with Gasteiger partial charge in [-0.15, -0.1) is 0 Å². The summed E-state index contributed by atoms with van der Waals surface area (Å²) in [7, 11) is 0. The van der Waals surface area contributed by atoms with E-state index >= 15 is 0 Å². The molecule has 1 atom stereocenters. The van der Waals surface area contributed by atoms with Crippen molar-refractivity contribution in [1.82, 2.24) is 0 Å². The smallest absolute Gasteiger partial charge is 0.115 e. The second-order valence-electron chi connectivity index (χ2n) is 3.02. The minimum absolute atomic E-state index is 0.349. The maximum atomic E-state index is 9.14. The Morgan fingerprint density at radius 3 is 3.09 bits per heavy atom. The second kappa shape index (κ2) is 2.24. The molecular weight excluding hydrogens is 138 g/mol. The van der Waals surface area contributed by atoms with Crippen molar-refractivity contribution in [3.63, 3.8) is 0 Å². The Balaban J connectivity index is 2.37. The summed E-state index contributed by atoms with van der Waals surface area (Å²) in [6.07, 6.45) is 1.08. The van der Waals surface area contributed by atoms with Gasteiger partial charge in [0, 0.05) is 5.92 Å². The van der Waals surface area contributed by atoms with Crippen LogP contribution in [0.25, 0.3) is 0 Å². The molecule has 2 heteroatoms. The number of benzene rings is 1. The highest BCUT2D eigenvalue weighted by atomic mass is 16.3. The number of rotatable bonds is 1. The number of hydrogen-bond donors (Lipinski definition) is 2. The lowest BCUT2D eigenvalue weighted by Gasteiger charge is -2.28. The van der Waals surface area contributed by atoms with Crippen molar-refractivity contribution in [2.24, 2.45) is 5.73 Å². The third-order valence-corrected chi connectivity index (χ3v) is 2.32. The molecule has 0 spiro atoms. The van der Waals surface area contributed by atoms with E-state index in [9.17, 15) is 0 Å². The van der Waals surface area contributed by atoms with Crippen molar-refractivity contribution < 1.29 is 5.11 Å². The van der Waals surface area contributed by atoms with Gasteiger partial charge in [-0.05, 0) is 36.2 Å². The molecule has 11 heavy (non-hydrogen) atoms. The Bertz CT molecular complexity index is 283. The molecule has 2 nitrogen and oxygen atoms in total. The molecule has 58 valence electrons. The van der Waals surface area contributed by atoms with Crippen molar-refractivity contribution in [2.75, 3.05) is 6.54 Å². The van der Waals surface area contributed by atoms with Crippen molar-refractivity contribution in [1.29, 1.82) is 0 Å². The van der Waals surface area contributed by atoms with Crippen molar-refractivity contribution >= 4 is 0 Å². The molecule has 0 fully saturated rings. The van der Waals surface area contributed by atoms with Crippen molar-refractivity contribution in [2.45, 2.75) is 12.3 Å². The van der Waals surface area contributed by atoms with Crippen LogP contribution in [0.2, 0.25) is 0 Å². The van der Waals surface area contributed by atoms with Crippen LogP contribution in [-0.2, 0) is 6.42 Å². The van der Waals surface area contributed by atoms with E-state index in [1.807, 2.05) is 12.1 Å².